The van der Waals surface area contributed by atoms with Crippen LogP contribution in [-0.2, 0) is 4.79 Å². The maximum absolute atomic E-state index is 13.0. The summed E-state index contributed by atoms with van der Waals surface area (Å²) in [6, 6.07) is 0. The normalized spacial score (nSPS) is 52.4. The van der Waals surface area contributed by atoms with Gasteiger partial charge in [0.1, 0.15) is 5.78 Å². The van der Waals surface area contributed by atoms with E-state index in [2.05, 4.69) is 13.8 Å². The van der Waals surface area contributed by atoms with Crippen molar-refractivity contribution in [3.63, 3.8) is 0 Å². The highest BCUT2D eigenvalue weighted by molar-refractivity contribution is 5.84. The molecule has 0 N–H and O–H groups in total. The first-order valence-electron chi connectivity index (χ1n) is 9.07. The zero-order valence-corrected chi connectivity index (χ0v) is 13.3. The third kappa shape index (κ3) is 2.05. The van der Waals surface area contributed by atoms with Crippen molar-refractivity contribution in [1.82, 2.24) is 0 Å². The smallest absolute Gasteiger partial charge is 0.137 e. The van der Waals surface area contributed by atoms with Gasteiger partial charge in [0.15, 0.2) is 0 Å². The number of hydrogen-bond acceptors (Lipinski definition) is 1. The highest BCUT2D eigenvalue weighted by Crippen LogP contribution is 2.65. The Bertz CT molecular complexity index is 428. The molecule has 6 atom stereocenters. The Balaban J connectivity index is 0.00000132. The zero-order valence-electron chi connectivity index (χ0n) is 13.3. The van der Waals surface area contributed by atoms with E-state index in [0.717, 1.165) is 24.2 Å². The first-order valence-corrected chi connectivity index (χ1v) is 9.07. The number of fused-ring (bicyclic) bond motifs is 5. The molecule has 0 amide bonds. The quantitative estimate of drug-likeness (QED) is 0.565. The van der Waals surface area contributed by atoms with Crippen molar-refractivity contribution in [2.75, 3.05) is 0 Å². The Kier molecular flexibility index (Phi) is 3.78. The molecule has 0 aromatic heterocycles. The van der Waals surface area contributed by atoms with E-state index in [1.807, 2.05) is 0 Å². The fourth-order valence-electron chi connectivity index (χ4n) is 7.12. The maximum atomic E-state index is 13.0. The van der Waals surface area contributed by atoms with Crippen molar-refractivity contribution < 1.29 is 4.79 Å². The average Bonchev–Trinajstić information content (AvgIpc) is 2.78. The highest BCUT2D eigenvalue weighted by atomic mass is 16.1. The highest BCUT2D eigenvalue weighted by Gasteiger charge is 2.60. The summed E-state index contributed by atoms with van der Waals surface area (Å²) >= 11 is 0. The summed E-state index contributed by atoms with van der Waals surface area (Å²) in [5, 5.41) is 0. The molecule has 0 radical (unpaired) electrons. The van der Waals surface area contributed by atoms with Crippen molar-refractivity contribution in [1.29, 1.82) is 0 Å². The minimum Gasteiger partial charge on any atom is -0.299 e. The molecule has 21 heavy (non-hydrogen) atoms. The van der Waals surface area contributed by atoms with Gasteiger partial charge in [0.25, 0.3) is 0 Å². The summed E-state index contributed by atoms with van der Waals surface area (Å²) in [4.78, 5) is 13.0. The van der Waals surface area contributed by atoms with Crippen molar-refractivity contribution in [2.45, 2.75) is 85.5 Å². The predicted octanol–water partition coefficient (Wildman–Crippen LogP) is 5.62. The minimum absolute atomic E-state index is 0. The molecule has 120 valence electrons. The third-order valence-electron chi connectivity index (χ3n) is 8.04. The predicted molar refractivity (Wildman–Crippen MR) is 88.1 cm³/mol. The van der Waals surface area contributed by atoms with Crippen LogP contribution >= 0.6 is 0 Å². The Labute approximate surface area is 131 Å². The number of rotatable bonds is 0. The third-order valence-corrected chi connectivity index (χ3v) is 8.04. The van der Waals surface area contributed by atoms with E-state index < -0.39 is 0 Å². The molecule has 0 aliphatic heterocycles. The van der Waals surface area contributed by atoms with Crippen LogP contribution in [0.4, 0.5) is 0 Å². The maximum Gasteiger partial charge on any atom is 0.137 e. The Hall–Kier alpha value is -0.330. The van der Waals surface area contributed by atoms with Gasteiger partial charge in [-0.3, -0.25) is 4.79 Å². The van der Waals surface area contributed by atoms with Crippen LogP contribution in [0.15, 0.2) is 0 Å². The summed E-state index contributed by atoms with van der Waals surface area (Å²) in [5.74, 6) is 3.54. The average molecular weight is 290 g/mol. The molecule has 0 bridgehead atoms. The molecule has 0 spiro atoms. The van der Waals surface area contributed by atoms with Crippen LogP contribution in [0.3, 0.4) is 0 Å². The van der Waals surface area contributed by atoms with Crippen LogP contribution in [0.5, 0.6) is 0 Å². The number of carbonyl (C=O) groups excluding carboxylic acids is 1. The van der Waals surface area contributed by atoms with Crippen LogP contribution in [0.1, 0.15) is 85.5 Å². The van der Waals surface area contributed by atoms with E-state index in [4.69, 9.17) is 0 Å². The van der Waals surface area contributed by atoms with Gasteiger partial charge in [0.2, 0.25) is 0 Å². The molecule has 1 nitrogen and oxygen atoms in total. The van der Waals surface area contributed by atoms with Crippen molar-refractivity contribution in [3.8, 4) is 0 Å². The number of ketones is 1. The zero-order chi connectivity index (χ0) is 14.0. The van der Waals surface area contributed by atoms with Gasteiger partial charge >= 0.3 is 0 Å². The fourth-order valence-corrected chi connectivity index (χ4v) is 7.12. The first kappa shape index (κ1) is 15.6. The minimum atomic E-state index is 0. The van der Waals surface area contributed by atoms with Crippen molar-refractivity contribution in [2.24, 2.45) is 34.5 Å². The second-order valence-electron chi connectivity index (χ2n) is 8.96. The molecule has 0 aromatic rings. The van der Waals surface area contributed by atoms with E-state index >= 15 is 0 Å². The largest absolute Gasteiger partial charge is 0.299 e. The van der Waals surface area contributed by atoms with E-state index in [0.29, 0.717) is 22.5 Å². The van der Waals surface area contributed by atoms with Gasteiger partial charge in [0.05, 0.1) is 0 Å². The Morgan fingerprint density at radius 3 is 2.57 bits per heavy atom. The summed E-state index contributed by atoms with van der Waals surface area (Å²) in [6.07, 6.45) is 13.3. The summed E-state index contributed by atoms with van der Waals surface area (Å²) in [7, 11) is 0. The van der Waals surface area contributed by atoms with Gasteiger partial charge in [-0.15, -0.1) is 0 Å². The van der Waals surface area contributed by atoms with Crippen LogP contribution in [0.25, 0.3) is 0 Å². The lowest BCUT2D eigenvalue weighted by atomic mass is 9.45. The lowest BCUT2D eigenvalue weighted by Crippen LogP contribution is -2.55. The number of carbonyl (C=O) groups is 1. The van der Waals surface area contributed by atoms with Gasteiger partial charge < -0.3 is 0 Å². The molecule has 0 heterocycles. The van der Waals surface area contributed by atoms with Gasteiger partial charge in [-0.25, -0.2) is 0 Å². The molecule has 4 rings (SSSR count). The van der Waals surface area contributed by atoms with Gasteiger partial charge in [0, 0.05) is 12.3 Å². The van der Waals surface area contributed by atoms with Crippen LogP contribution in [-0.4, -0.2) is 5.78 Å². The number of Topliss-reactive ketones (excluding diaryl/α,β-unsaturated/α-hetero) is 1. The van der Waals surface area contributed by atoms with Gasteiger partial charge in [-0.1, -0.05) is 40.5 Å². The molecule has 0 saturated heterocycles. The fraction of sp³-hybridized carbons (Fsp3) is 0.950. The number of hydrogen-bond donors (Lipinski definition) is 0. The van der Waals surface area contributed by atoms with E-state index in [1.165, 1.54) is 57.8 Å². The van der Waals surface area contributed by atoms with E-state index in [9.17, 15) is 4.79 Å². The first-order chi connectivity index (χ1) is 9.55. The molecular formula is C20H34O. The molecule has 0 aromatic carbocycles. The lowest BCUT2D eigenvalue weighted by Gasteiger charge is -2.58. The lowest BCUT2D eigenvalue weighted by molar-refractivity contribution is -0.155. The molecule has 4 aliphatic carbocycles. The van der Waals surface area contributed by atoms with E-state index in [-0.39, 0.29) is 7.43 Å². The summed E-state index contributed by atoms with van der Waals surface area (Å²) < 4.78 is 0. The topological polar surface area (TPSA) is 17.1 Å². The summed E-state index contributed by atoms with van der Waals surface area (Å²) in [5.41, 5.74) is 0.734. The standard InChI is InChI=1S/C19H30O.CH4/c1-18-10-5-7-15(18)14-9-8-13-6-3-4-11-19(13,2)17(14)16(20)12-18;/h13-15,17H,3-12H2,1-2H3;1H4. The van der Waals surface area contributed by atoms with Gasteiger partial charge in [-0.05, 0) is 67.1 Å². The second kappa shape index (κ2) is 5.10. The monoisotopic (exact) mass is 290 g/mol. The molecular weight excluding hydrogens is 256 g/mol. The molecule has 4 saturated carbocycles. The van der Waals surface area contributed by atoms with Crippen LogP contribution < -0.4 is 0 Å². The van der Waals surface area contributed by atoms with Gasteiger partial charge in [-0.2, -0.15) is 0 Å². The van der Waals surface area contributed by atoms with E-state index in [1.54, 1.807) is 0 Å². The van der Waals surface area contributed by atoms with Crippen molar-refractivity contribution in [3.05, 3.63) is 0 Å². The molecule has 1 heteroatoms. The van der Waals surface area contributed by atoms with Crippen LogP contribution in [0.2, 0.25) is 0 Å². The summed E-state index contributed by atoms with van der Waals surface area (Å²) in [6.45, 7) is 4.91. The Morgan fingerprint density at radius 2 is 1.76 bits per heavy atom. The molecule has 4 aliphatic rings. The van der Waals surface area contributed by atoms with Crippen LogP contribution in [0, 0.1) is 34.5 Å². The van der Waals surface area contributed by atoms with Crippen molar-refractivity contribution >= 4 is 5.78 Å². The molecule has 4 fully saturated rings. The molecule has 6 unspecified atom stereocenters. The Morgan fingerprint density at radius 1 is 0.952 bits per heavy atom. The second-order valence-corrected chi connectivity index (χ2v) is 8.96. The SMILES string of the molecule is C.CC12CCCC1C1CCC3CCCCC3(C)C1C(=O)C2.